The van der Waals surface area contributed by atoms with Crippen molar-refractivity contribution in [2.24, 2.45) is 0 Å². The second-order valence-electron chi connectivity index (χ2n) is 6.45. The molecule has 0 aromatic heterocycles. The van der Waals surface area contributed by atoms with E-state index in [-0.39, 0.29) is 35.3 Å². The average molecular weight is 410 g/mol. The van der Waals surface area contributed by atoms with Gasteiger partial charge in [0.2, 0.25) is 0 Å². The number of ether oxygens (including phenoxy) is 1. The largest absolute Gasteiger partial charge is 0.483 e. The highest BCUT2D eigenvalue weighted by Gasteiger charge is 2.14. The van der Waals surface area contributed by atoms with E-state index in [2.05, 4.69) is 10.6 Å². The molecule has 3 rings (SSSR count). The van der Waals surface area contributed by atoms with E-state index in [0.717, 1.165) is 5.56 Å². The van der Waals surface area contributed by atoms with Crippen LogP contribution < -0.4 is 15.4 Å². The van der Waals surface area contributed by atoms with Gasteiger partial charge in [-0.05, 0) is 48.4 Å². The first-order valence-corrected chi connectivity index (χ1v) is 9.32. The molecule has 0 bridgehead atoms. The van der Waals surface area contributed by atoms with Crippen molar-refractivity contribution in [1.82, 2.24) is 5.32 Å². The summed E-state index contributed by atoms with van der Waals surface area (Å²) >= 11 is 0. The highest BCUT2D eigenvalue weighted by molar-refractivity contribution is 5.97. The summed E-state index contributed by atoms with van der Waals surface area (Å²) in [5.41, 5.74) is 1.22. The molecule has 3 aromatic carbocycles. The molecule has 2 N–H and O–H groups in total. The normalized spacial score (nSPS) is 10.3. The molecule has 0 aliphatic rings. The van der Waals surface area contributed by atoms with Crippen molar-refractivity contribution in [2.45, 2.75) is 6.42 Å². The lowest BCUT2D eigenvalue weighted by Gasteiger charge is -2.12. The van der Waals surface area contributed by atoms with Gasteiger partial charge in [-0.1, -0.05) is 36.4 Å². The molecule has 0 aliphatic carbocycles. The number of rotatable bonds is 8. The zero-order chi connectivity index (χ0) is 21.3. The van der Waals surface area contributed by atoms with Crippen LogP contribution in [0.15, 0.2) is 72.8 Å². The van der Waals surface area contributed by atoms with Crippen LogP contribution >= 0.6 is 0 Å². The minimum atomic E-state index is -0.549. The van der Waals surface area contributed by atoms with Gasteiger partial charge in [0.15, 0.2) is 6.61 Å². The summed E-state index contributed by atoms with van der Waals surface area (Å²) in [6.07, 6.45) is 0.542. The SMILES string of the molecule is O=C(COc1ccccc1C(=O)NCCc1ccc(F)cc1)Nc1ccccc1F. The number of amides is 2. The van der Waals surface area contributed by atoms with Gasteiger partial charge in [-0.25, -0.2) is 8.78 Å². The second-order valence-corrected chi connectivity index (χ2v) is 6.45. The number of anilines is 1. The van der Waals surface area contributed by atoms with Gasteiger partial charge in [0.05, 0.1) is 11.3 Å². The molecule has 7 heteroatoms. The van der Waals surface area contributed by atoms with Crippen molar-refractivity contribution in [3.05, 3.63) is 95.6 Å². The Balaban J connectivity index is 1.54. The molecule has 0 spiro atoms. The van der Waals surface area contributed by atoms with Crippen molar-refractivity contribution in [3.8, 4) is 5.75 Å². The van der Waals surface area contributed by atoms with Gasteiger partial charge < -0.3 is 15.4 Å². The fraction of sp³-hybridized carbons (Fsp3) is 0.130. The number of nitrogens with one attached hydrogen (secondary N) is 2. The molecular formula is C23H20F2N2O3. The Hall–Kier alpha value is -3.74. The fourth-order valence-corrected chi connectivity index (χ4v) is 2.74. The Morgan fingerprint density at radius 1 is 0.867 bits per heavy atom. The number of hydrogen-bond donors (Lipinski definition) is 2. The summed E-state index contributed by atoms with van der Waals surface area (Å²) in [7, 11) is 0. The zero-order valence-electron chi connectivity index (χ0n) is 16.0. The lowest BCUT2D eigenvalue weighted by molar-refractivity contribution is -0.118. The maximum absolute atomic E-state index is 13.6. The maximum Gasteiger partial charge on any atom is 0.262 e. The summed E-state index contributed by atoms with van der Waals surface area (Å²) in [5, 5.41) is 5.19. The molecule has 3 aromatic rings. The highest BCUT2D eigenvalue weighted by Crippen LogP contribution is 2.18. The summed E-state index contributed by atoms with van der Waals surface area (Å²) in [4.78, 5) is 24.5. The van der Waals surface area contributed by atoms with Crippen molar-refractivity contribution in [2.75, 3.05) is 18.5 Å². The number of para-hydroxylation sites is 2. The molecule has 0 saturated carbocycles. The third kappa shape index (κ3) is 5.88. The number of carbonyl (C=O) groups is 2. The van der Waals surface area contributed by atoms with E-state index in [9.17, 15) is 18.4 Å². The van der Waals surface area contributed by atoms with E-state index < -0.39 is 11.7 Å². The predicted molar refractivity (Wildman–Crippen MR) is 109 cm³/mol. The number of halogens is 2. The Kier molecular flexibility index (Phi) is 7.10. The lowest BCUT2D eigenvalue weighted by Crippen LogP contribution is -2.27. The van der Waals surface area contributed by atoms with Gasteiger partial charge in [0.25, 0.3) is 11.8 Å². The van der Waals surface area contributed by atoms with Crippen molar-refractivity contribution >= 4 is 17.5 Å². The molecular weight excluding hydrogens is 390 g/mol. The summed E-state index contributed by atoms with van der Waals surface area (Å²) in [5.74, 6) is -1.53. The second kappa shape index (κ2) is 10.2. The van der Waals surface area contributed by atoms with E-state index >= 15 is 0 Å². The molecule has 0 heterocycles. The van der Waals surface area contributed by atoms with E-state index in [1.54, 1.807) is 42.5 Å². The summed E-state index contributed by atoms with van der Waals surface area (Å²) < 4.78 is 32.0. The van der Waals surface area contributed by atoms with Crippen LogP contribution in [0.5, 0.6) is 5.75 Å². The molecule has 0 aliphatic heterocycles. The van der Waals surface area contributed by atoms with Gasteiger partial charge in [-0.3, -0.25) is 9.59 Å². The molecule has 0 radical (unpaired) electrons. The van der Waals surface area contributed by atoms with E-state index in [4.69, 9.17) is 4.74 Å². The summed E-state index contributed by atoms with van der Waals surface area (Å²) in [6, 6.07) is 18.4. The molecule has 2 amide bonds. The first-order chi connectivity index (χ1) is 14.5. The van der Waals surface area contributed by atoms with Crippen molar-refractivity contribution < 1.29 is 23.1 Å². The van der Waals surface area contributed by atoms with E-state index in [0.29, 0.717) is 13.0 Å². The van der Waals surface area contributed by atoms with E-state index in [1.807, 2.05) is 0 Å². The Labute approximate surface area is 172 Å². The monoisotopic (exact) mass is 410 g/mol. The van der Waals surface area contributed by atoms with Crippen LogP contribution in [-0.4, -0.2) is 25.0 Å². The predicted octanol–water partition coefficient (Wildman–Crippen LogP) is 3.95. The van der Waals surface area contributed by atoms with Crippen LogP contribution in [-0.2, 0) is 11.2 Å². The number of benzene rings is 3. The van der Waals surface area contributed by atoms with Gasteiger partial charge in [-0.2, -0.15) is 0 Å². The van der Waals surface area contributed by atoms with Gasteiger partial charge >= 0.3 is 0 Å². The fourth-order valence-electron chi connectivity index (χ4n) is 2.74. The third-order valence-electron chi connectivity index (χ3n) is 4.25. The van der Waals surface area contributed by atoms with Crippen LogP contribution in [0.25, 0.3) is 0 Å². The Morgan fingerprint density at radius 2 is 1.57 bits per heavy atom. The van der Waals surface area contributed by atoms with Crippen LogP contribution in [0.1, 0.15) is 15.9 Å². The smallest absolute Gasteiger partial charge is 0.262 e. The maximum atomic E-state index is 13.6. The molecule has 5 nitrogen and oxygen atoms in total. The van der Waals surface area contributed by atoms with Gasteiger partial charge in [0, 0.05) is 6.54 Å². The third-order valence-corrected chi connectivity index (χ3v) is 4.25. The van der Waals surface area contributed by atoms with Crippen LogP contribution in [0.4, 0.5) is 14.5 Å². The van der Waals surface area contributed by atoms with Crippen LogP contribution in [0.2, 0.25) is 0 Å². The van der Waals surface area contributed by atoms with Gasteiger partial charge in [-0.15, -0.1) is 0 Å². The Bertz CT molecular complexity index is 1020. The standard InChI is InChI=1S/C23H20F2N2O3/c24-17-11-9-16(10-12-17)13-14-26-23(29)18-5-1-4-8-21(18)30-15-22(28)27-20-7-3-2-6-19(20)25/h1-12H,13-15H2,(H,26,29)(H,27,28). The molecule has 30 heavy (non-hydrogen) atoms. The molecule has 0 atom stereocenters. The van der Waals surface area contributed by atoms with Crippen molar-refractivity contribution in [1.29, 1.82) is 0 Å². The van der Waals surface area contributed by atoms with Crippen molar-refractivity contribution in [3.63, 3.8) is 0 Å². The topological polar surface area (TPSA) is 67.4 Å². The quantitative estimate of drug-likeness (QED) is 0.591. The number of hydrogen-bond acceptors (Lipinski definition) is 3. The minimum Gasteiger partial charge on any atom is -0.483 e. The summed E-state index contributed by atoms with van der Waals surface area (Å²) in [6.45, 7) is -0.0270. The highest BCUT2D eigenvalue weighted by atomic mass is 19.1. The lowest BCUT2D eigenvalue weighted by atomic mass is 10.1. The first kappa shape index (κ1) is 21.0. The molecule has 0 saturated heterocycles. The first-order valence-electron chi connectivity index (χ1n) is 9.32. The van der Waals surface area contributed by atoms with Gasteiger partial charge in [0.1, 0.15) is 17.4 Å². The molecule has 0 fully saturated rings. The Morgan fingerprint density at radius 3 is 2.33 bits per heavy atom. The van der Waals surface area contributed by atoms with Crippen LogP contribution in [0.3, 0.4) is 0 Å². The minimum absolute atomic E-state index is 0.0536. The molecule has 0 unspecified atom stereocenters. The van der Waals surface area contributed by atoms with Crippen LogP contribution in [0, 0.1) is 11.6 Å². The van der Waals surface area contributed by atoms with E-state index in [1.165, 1.54) is 30.3 Å². The molecule has 154 valence electrons. The number of carbonyl (C=O) groups excluding carboxylic acids is 2. The zero-order valence-corrected chi connectivity index (χ0v) is 16.0. The average Bonchev–Trinajstić information content (AvgIpc) is 2.75.